The van der Waals surface area contributed by atoms with Gasteiger partial charge in [0.15, 0.2) is 0 Å². The Hall–Kier alpha value is -4.02. The molecule has 2 N–H and O–H groups in total. The highest BCUT2D eigenvalue weighted by Gasteiger charge is 2.28. The molecule has 8 nitrogen and oxygen atoms in total. The van der Waals surface area contributed by atoms with Crippen molar-refractivity contribution in [3.05, 3.63) is 128 Å². The Morgan fingerprint density at radius 3 is 1.33 bits per heavy atom. The number of non-ortho nitro benzene ring substituents is 2. The highest BCUT2D eigenvalue weighted by molar-refractivity contribution is 7.80. The topological polar surface area (TPSA) is 110 Å². The number of thiol groups is 2. The van der Waals surface area contributed by atoms with Crippen molar-refractivity contribution in [3.63, 3.8) is 0 Å². The number of nitrogens with one attached hydrogen (secondary N) is 2. The van der Waals surface area contributed by atoms with E-state index in [9.17, 15) is 20.2 Å². The van der Waals surface area contributed by atoms with Crippen molar-refractivity contribution in [3.8, 4) is 0 Å². The predicted octanol–water partition coefficient (Wildman–Crippen LogP) is 7.09. The fraction of sp³-hybridized carbons (Fsp3) is 0.0769. The molecule has 4 aromatic carbocycles. The van der Waals surface area contributed by atoms with E-state index in [4.69, 9.17) is 0 Å². The van der Waals surface area contributed by atoms with E-state index in [-0.39, 0.29) is 11.4 Å². The van der Waals surface area contributed by atoms with Gasteiger partial charge in [-0.25, -0.2) is 0 Å². The Bertz CT molecular complexity index is 1310. The van der Waals surface area contributed by atoms with Gasteiger partial charge in [-0.2, -0.15) is 0 Å². The van der Waals surface area contributed by atoms with Crippen LogP contribution >= 0.6 is 25.3 Å². The summed E-state index contributed by atoms with van der Waals surface area (Å²) in [5, 5.41) is 30.0. The maximum absolute atomic E-state index is 11.6. The van der Waals surface area contributed by atoms with E-state index in [0.29, 0.717) is 32.3 Å². The van der Waals surface area contributed by atoms with Crippen LogP contribution in [0.25, 0.3) is 0 Å². The highest BCUT2D eigenvalue weighted by atomic mass is 32.1. The van der Waals surface area contributed by atoms with E-state index in [1.807, 2.05) is 48.5 Å². The summed E-state index contributed by atoms with van der Waals surface area (Å²) in [6, 6.07) is 26.2. The molecule has 0 bridgehead atoms. The first kappa shape index (κ1) is 25.1. The number of benzene rings is 4. The van der Waals surface area contributed by atoms with E-state index < -0.39 is 21.9 Å². The Kier molecular flexibility index (Phi) is 7.77. The molecule has 0 radical (unpaired) electrons. The molecule has 0 aliphatic rings. The molecule has 0 saturated heterocycles. The van der Waals surface area contributed by atoms with Crippen molar-refractivity contribution < 1.29 is 9.85 Å². The number of hydrogen-bond donors (Lipinski definition) is 4. The van der Waals surface area contributed by atoms with Gasteiger partial charge >= 0.3 is 0 Å². The molecule has 0 amide bonds. The molecule has 182 valence electrons. The highest BCUT2D eigenvalue weighted by Crippen LogP contribution is 2.39. The Morgan fingerprint density at radius 1 is 0.583 bits per heavy atom. The first-order valence-electron chi connectivity index (χ1n) is 10.9. The lowest BCUT2D eigenvalue weighted by atomic mass is 9.92. The van der Waals surface area contributed by atoms with Gasteiger partial charge in [-0.05, 0) is 35.4 Å². The summed E-state index contributed by atoms with van der Waals surface area (Å²) in [5.41, 5.74) is 2.50. The third-order valence-corrected chi connectivity index (χ3v) is 6.42. The Balaban J connectivity index is 1.90. The molecule has 0 aliphatic carbocycles. The van der Waals surface area contributed by atoms with Gasteiger partial charge in [-0.1, -0.05) is 48.5 Å². The van der Waals surface area contributed by atoms with Crippen LogP contribution in [0.4, 0.5) is 22.7 Å². The van der Waals surface area contributed by atoms with Gasteiger partial charge < -0.3 is 10.6 Å². The zero-order chi connectivity index (χ0) is 25.7. The van der Waals surface area contributed by atoms with Crippen molar-refractivity contribution in [2.24, 2.45) is 0 Å². The molecule has 0 fully saturated rings. The number of nitro groups is 2. The molecule has 10 heteroatoms. The number of hydrogen-bond acceptors (Lipinski definition) is 8. The Morgan fingerprint density at radius 2 is 0.972 bits per heavy atom. The van der Waals surface area contributed by atoms with Crippen LogP contribution in [-0.2, 0) is 0 Å². The van der Waals surface area contributed by atoms with Crippen LogP contribution in [0, 0.1) is 20.2 Å². The van der Waals surface area contributed by atoms with E-state index in [1.54, 1.807) is 24.3 Å². The molecule has 2 unspecified atom stereocenters. The Labute approximate surface area is 218 Å². The predicted molar refractivity (Wildman–Crippen MR) is 146 cm³/mol. The molecule has 0 saturated carbocycles. The summed E-state index contributed by atoms with van der Waals surface area (Å²) in [6.45, 7) is 0. The normalized spacial score (nSPS) is 12.4. The average Bonchev–Trinajstić information content (AvgIpc) is 2.88. The molecule has 0 aromatic heterocycles. The minimum absolute atomic E-state index is 0.0640. The van der Waals surface area contributed by atoms with Gasteiger partial charge in [0.05, 0.1) is 21.9 Å². The SMILES string of the molecule is O=[N+]([O-])c1cccc(C(Nc2ccccc2S)C(Nc2ccccc2S)c2cccc([N+](=O)[O-])c2)c1. The van der Waals surface area contributed by atoms with Crippen molar-refractivity contribution >= 4 is 48.0 Å². The number of nitro benzene ring substituents is 2. The maximum Gasteiger partial charge on any atom is 0.269 e. The van der Waals surface area contributed by atoms with E-state index in [1.165, 1.54) is 24.3 Å². The van der Waals surface area contributed by atoms with Crippen LogP contribution in [0.15, 0.2) is 107 Å². The van der Waals surface area contributed by atoms with Crippen molar-refractivity contribution in [1.82, 2.24) is 0 Å². The lowest BCUT2D eigenvalue weighted by Gasteiger charge is -2.32. The standard InChI is InChI=1S/C26H22N4O4S2/c31-29(32)19-9-5-7-17(15-19)25(27-21-11-1-3-13-23(21)35)26(28-22-12-2-4-14-24(22)36)18-8-6-10-20(16-18)30(33)34/h1-16,25-28,35-36H. The van der Waals surface area contributed by atoms with Gasteiger partial charge in [0, 0.05) is 45.4 Å². The molecular weight excluding hydrogens is 496 g/mol. The van der Waals surface area contributed by atoms with Crippen LogP contribution in [0.2, 0.25) is 0 Å². The fourth-order valence-electron chi connectivity index (χ4n) is 3.91. The van der Waals surface area contributed by atoms with Crippen molar-refractivity contribution in [2.45, 2.75) is 21.9 Å². The van der Waals surface area contributed by atoms with Gasteiger partial charge in [0.2, 0.25) is 0 Å². The smallest absolute Gasteiger partial charge is 0.269 e. The number of rotatable bonds is 9. The first-order valence-corrected chi connectivity index (χ1v) is 11.8. The minimum atomic E-state index is -0.590. The second-order valence-corrected chi connectivity index (χ2v) is 8.95. The molecule has 36 heavy (non-hydrogen) atoms. The van der Waals surface area contributed by atoms with Crippen LogP contribution in [0.1, 0.15) is 23.2 Å². The lowest BCUT2D eigenvalue weighted by molar-refractivity contribution is -0.385. The second kappa shape index (κ2) is 11.1. The third kappa shape index (κ3) is 5.78. The van der Waals surface area contributed by atoms with Gasteiger partial charge in [0.25, 0.3) is 11.4 Å². The summed E-state index contributed by atoms with van der Waals surface area (Å²) in [5.74, 6) is 0. The van der Waals surface area contributed by atoms with Crippen LogP contribution in [-0.4, -0.2) is 9.85 Å². The van der Waals surface area contributed by atoms with Crippen LogP contribution < -0.4 is 10.6 Å². The van der Waals surface area contributed by atoms with E-state index >= 15 is 0 Å². The van der Waals surface area contributed by atoms with Crippen molar-refractivity contribution in [1.29, 1.82) is 0 Å². The largest absolute Gasteiger partial charge is 0.375 e. The summed E-state index contributed by atoms with van der Waals surface area (Å²) in [4.78, 5) is 23.6. The molecule has 0 heterocycles. The number of anilines is 2. The monoisotopic (exact) mass is 518 g/mol. The van der Waals surface area contributed by atoms with Gasteiger partial charge in [0.1, 0.15) is 0 Å². The van der Waals surface area contributed by atoms with Crippen molar-refractivity contribution in [2.75, 3.05) is 10.6 Å². The van der Waals surface area contributed by atoms with Gasteiger partial charge in [-0.3, -0.25) is 20.2 Å². The number of para-hydroxylation sites is 2. The quantitative estimate of drug-likeness (QED) is 0.107. The summed E-state index contributed by atoms with van der Waals surface area (Å²) >= 11 is 9.12. The second-order valence-electron chi connectivity index (χ2n) is 7.98. The van der Waals surface area contributed by atoms with Gasteiger partial charge in [-0.15, -0.1) is 25.3 Å². The molecule has 2 atom stereocenters. The summed E-state index contributed by atoms with van der Waals surface area (Å²) in [6.07, 6.45) is 0. The lowest BCUT2D eigenvalue weighted by Crippen LogP contribution is -2.26. The fourth-order valence-corrected chi connectivity index (χ4v) is 4.36. The van der Waals surface area contributed by atoms with Crippen LogP contribution in [0.5, 0.6) is 0 Å². The zero-order valence-electron chi connectivity index (χ0n) is 18.8. The van der Waals surface area contributed by atoms with Crippen LogP contribution in [0.3, 0.4) is 0 Å². The molecule has 4 aromatic rings. The molecular formula is C26H22N4O4S2. The zero-order valence-corrected chi connectivity index (χ0v) is 20.6. The molecule has 0 spiro atoms. The van der Waals surface area contributed by atoms with E-state index in [0.717, 1.165) is 0 Å². The minimum Gasteiger partial charge on any atom is -0.375 e. The number of nitrogens with zero attached hydrogens (tertiary/aromatic N) is 2. The molecule has 0 aliphatic heterocycles. The summed E-state index contributed by atoms with van der Waals surface area (Å²) < 4.78 is 0. The molecule has 4 rings (SSSR count). The third-order valence-electron chi connectivity index (χ3n) is 5.64. The average molecular weight is 519 g/mol. The first-order chi connectivity index (χ1) is 17.3. The van der Waals surface area contributed by atoms with E-state index in [2.05, 4.69) is 35.9 Å². The summed E-state index contributed by atoms with van der Waals surface area (Å²) in [7, 11) is 0. The maximum atomic E-state index is 11.6.